The van der Waals surface area contributed by atoms with Gasteiger partial charge in [0.1, 0.15) is 11.5 Å². The van der Waals surface area contributed by atoms with Crippen molar-refractivity contribution in [3.8, 4) is 11.5 Å². The summed E-state index contributed by atoms with van der Waals surface area (Å²) in [6.45, 7) is 1.89. The van der Waals surface area contributed by atoms with Gasteiger partial charge in [-0.1, -0.05) is 5.76 Å². The van der Waals surface area contributed by atoms with E-state index in [1.165, 1.54) is 20.3 Å². The molecule has 0 heterocycles. The van der Waals surface area contributed by atoms with Crippen molar-refractivity contribution in [2.45, 2.75) is 6.92 Å². The summed E-state index contributed by atoms with van der Waals surface area (Å²) in [5.74, 6) is -0.269. The number of benzene rings is 1. The van der Waals surface area contributed by atoms with Crippen LogP contribution >= 0.6 is 0 Å². The number of carbonyl (C=O) groups excluding carboxylic acids is 1. The topological polar surface area (TPSA) is 67.8 Å². The molecule has 0 aliphatic carbocycles. The molecule has 0 fully saturated rings. The van der Waals surface area contributed by atoms with Crippen molar-refractivity contribution in [3.63, 3.8) is 0 Å². The van der Waals surface area contributed by atoms with E-state index >= 15 is 0 Å². The SMILES string of the molecule is CCOC(=O)C=C([O-])c1cc(OC)ccc1OC.[Na+]. The van der Waals surface area contributed by atoms with Gasteiger partial charge in [0.2, 0.25) is 0 Å². The van der Waals surface area contributed by atoms with Gasteiger partial charge in [0.05, 0.1) is 20.8 Å². The van der Waals surface area contributed by atoms with Crippen molar-refractivity contribution >= 4 is 11.7 Å². The van der Waals surface area contributed by atoms with E-state index in [1.54, 1.807) is 19.1 Å². The quantitative estimate of drug-likeness (QED) is 0.268. The number of hydrogen-bond acceptors (Lipinski definition) is 5. The van der Waals surface area contributed by atoms with Crippen LogP contribution in [0.2, 0.25) is 0 Å². The molecule has 0 saturated heterocycles. The smallest absolute Gasteiger partial charge is 0.872 e. The van der Waals surface area contributed by atoms with Crippen molar-refractivity contribution < 1.29 is 53.7 Å². The van der Waals surface area contributed by atoms with E-state index in [4.69, 9.17) is 9.47 Å². The van der Waals surface area contributed by atoms with E-state index in [-0.39, 0.29) is 41.7 Å². The number of hydrogen-bond donors (Lipinski definition) is 0. The minimum Gasteiger partial charge on any atom is -0.872 e. The Morgan fingerprint density at radius 3 is 2.53 bits per heavy atom. The second-order valence-corrected chi connectivity index (χ2v) is 3.33. The Morgan fingerprint density at radius 1 is 1.32 bits per heavy atom. The van der Waals surface area contributed by atoms with Crippen LogP contribution in [0.15, 0.2) is 24.3 Å². The molecule has 19 heavy (non-hydrogen) atoms. The molecule has 0 amide bonds. The molecule has 1 aromatic carbocycles. The molecule has 0 saturated carbocycles. The maximum absolute atomic E-state index is 11.9. The maximum atomic E-state index is 11.9. The summed E-state index contributed by atoms with van der Waals surface area (Å²) in [5.41, 5.74) is 0.255. The zero-order valence-corrected chi connectivity index (χ0v) is 13.6. The molecule has 1 rings (SSSR count). The summed E-state index contributed by atoms with van der Waals surface area (Å²) in [5, 5.41) is 11.9. The third-order valence-electron chi connectivity index (χ3n) is 2.21. The first kappa shape index (κ1) is 17.8. The van der Waals surface area contributed by atoms with E-state index in [9.17, 15) is 9.90 Å². The molecule has 1 aromatic rings. The number of carbonyl (C=O) groups is 1. The van der Waals surface area contributed by atoms with Crippen molar-refractivity contribution in [3.05, 3.63) is 29.8 Å². The van der Waals surface area contributed by atoms with E-state index in [0.29, 0.717) is 11.5 Å². The summed E-state index contributed by atoms with van der Waals surface area (Å²) < 4.78 is 14.8. The van der Waals surface area contributed by atoms with Gasteiger partial charge < -0.3 is 19.3 Å². The fourth-order valence-electron chi connectivity index (χ4n) is 1.38. The molecule has 0 atom stereocenters. The average Bonchev–Trinajstić information content (AvgIpc) is 2.38. The van der Waals surface area contributed by atoms with Gasteiger partial charge in [0.25, 0.3) is 0 Å². The van der Waals surface area contributed by atoms with Crippen molar-refractivity contribution in [2.75, 3.05) is 20.8 Å². The Bertz CT molecular complexity index is 456. The van der Waals surface area contributed by atoms with Crippen LogP contribution in [0.25, 0.3) is 5.76 Å². The Morgan fingerprint density at radius 2 is 2.00 bits per heavy atom. The molecule has 0 aliphatic heterocycles. The molecule has 0 aromatic heterocycles. The largest absolute Gasteiger partial charge is 1.00 e. The molecule has 0 unspecified atom stereocenters. The predicted molar refractivity (Wildman–Crippen MR) is 64.2 cm³/mol. The second kappa shape index (κ2) is 8.85. The number of methoxy groups -OCH3 is 2. The van der Waals surface area contributed by atoms with E-state index in [0.717, 1.165) is 6.08 Å². The van der Waals surface area contributed by atoms with Crippen LogP contribution in [0.4, 0.5) is 0 Å². The zero-order chi connectivity index (χ0) is 13.5. The normalized spacial score (nSPS) is 10.4. The van der Waals surface area contributed by atoms with Crippen molar-refractivity contribution in [1.29, 1.82) is 0 Å². The summed E-state index contributed by atoms with van der Waals surface area (Å²) in [6, 6.07) is 4.78. The first-order chi connectivity index (χ1) is 8.62. The van der Waals surface area contributed by atoms with Gasteiger partial charge in [-0.05, 0) is 25.1 Å². The fraction of sp³-hybridized carbons (Fsp3) is 0.308. The van der Waals surface area contributed by atoms with E-state index in [2.05, 4.69) is 4.74 Å². The number of ether oxygens (including phenoxy) is 3. The monoisotopic (exact) mass is 274 g/mol. The Balaban J connectivity index is 0.00000324. The Hall–Kier alpha value is -1.17. The van der Waals surface area contributed by atoms with Crippen molar-refractivity contribution in [2.24, 2.45) is 0 Å². The van der Waals surface area contributed by atoms with Gasteiger partial charge in [-0.15, -0.1) is 0 Å². The van der Waals surface area contributed by atoms with Crippen LogP contribution in [0.3, 0.4) is 0 Å². The summed E-state index contributed by atoms with van der Waals surface area (Å²) in [6.07, 6.45) is 0.890. The van der Waals surface area contributed by atoms with Crippen LogP contribution in [0.5, 0.6) is 11.5 Å². The molecule has 5 nitrogen and oxygen atoms in total. The minimum absolute atomic E-state index is 0. The van der Waals surface area contributed by atoms with Gasteiger partial charge >= 0.3 is 35.5 Å². The molecule has 6 heteroatoms. The molecule has 0 radical (unpaired) electrons. The maximum Gasteiger partial charge on any atom is 1.00 e. The molecule has 0 spiro atoms. The molecular formula is C13H15NaO5. The van der Waals surface area contributed by atoms with Crippen LogP contribution in [-0.2, 0) is 9.53 Å². The van der Waals surface area contributed by atoms with E-state index < -0.39 is 11.7 Å². The molecule has 0 bridgehead atoms. The summed E-state index contributed by atoms with van der Waals surface area (Å²) in [7, 11) is 2.94. The Labute approximate surface area is 134 Å². The summed E-state index contributed by atoms with van der Waals surface area (Å²) >= 11 is 0. The standard InChI is InChI=1S/C13H16O5.Na/c1-4-18-13(15)8-11(14)10-7-9(16-2)5-6-12(10)17-3;/h5-8,14H,4H2,1-3H3;/q;+1/p-1. The predicted octanol–water partition coefficient (Wildman–Crippen LogP) is -2.03. The first-order valence-electron chi connectivity index (χ1n) is 5.40. The van der Waals surface area contributed by atoms with Gasteiger partial charge in [-0.3, -0.25) is 0 Å². The zero-order valence-electron chi connectivity index (χ0n) is 11.6. The average molecular weight is 274 g/mol. The minimum atomic E-state index is -0.674. The number of esters is 1. The van der Waals surface area contributed by atoms with Crippen molar-refractivity contribution in [1.82, 2.24) is 0 Å². The van der Waals surface area contributed by atoms with Gasteiger partial charge in [0.15, 0.2) is 0 Å². The molecule has 0 aliphatic rings. The van der Waals surface area contributed by atoms with Crippen LogP contribution in [0, 0.1) is 0 Å². The van der Waals surface area contributed by atoms with Gasteiger partial charge in [0, 0.05) is 11.6 Å². The Kier molecular flexibility index (Phi) is 8.30. The summed E-state index contributed by atoms with van der Waals surface area (Å²) in [4.78, 5) is 11.2. The van der Waals surface area contributed by atoms with Crippen LogP contribution in [-0.4, -0.2) is 26.8 Å². The van der Waals surface area contributed by atoms with E-state index in [1.807, 2.05) is 0 Å². The van der Waals surface area contributed by atoms with Crippen LogP contribution in [0.1, 0.15) is 12.5 Å². The third-order valence-corrected chi connectivity index (χ3v) is 2.21. The van der Waals surface area contributed by atoms with Gasteiger partial charge in [-0.2, -0.15) is 0 Å². The van der Waals surface area contributed by atoms with Gasteiger partial charge in [-0.25, -0.2) is 4.79 Å². The van der Waals surface area contributed by atoms with Crippen LogP contribution < -0.4 is 44.1 Å². The molecule has 98 valence electrons. The first-order valence-corrected chi connectivity index (χ1v) is 5.40. The third kappa shape index (κ3) is 5.14. The fourth-order valence-corrected chi connectivity index (χ4v) is 1.38. The molecule has 0 N–H and O–H groups in total. The second-order valence-electron chi connectivity index (χ2n) is 3.33. The number of rotatable bonds is 5. The molecular weight excluding hydrogens is 259 g/mol.